The van der Waals surface area contributed by atoms with Gasteiger partial charge in [0.25, 0.3) is 0 Å². The predicted octanol–water partition coefficient (Wildman–Crippen LogP) is 1.64. The molecule has 1 saturated heterocycles. The summed E-state index contributed by atoms with van der Waals surface area (Å²) < 4.78 is 5.40. The lowest BCUT2D eigenvalue weighted by molar-refractivity contribution is 0.185. The van der Waals surface area contributed by atoms with Crippen LogP contribution in [0.15, 0.2) is 6.07 Å². The van der Waals surface area contributed by atoms with Crippen molar-refractivity contribution in [3.63, 3.8) is 0 Å². The van der Waals surface area contributed by atoms with E-state index in [1.165, 1.54) is 0 Å². The molecule has 0 radical (unpaired) electrons. The van der Waals surface area contributed by atoms with E-state index in [-0.39, 0.29) is 6.04 Å². The fourth-order valence-corrected chi connectivity index (χ4v) is 2.31. The van der Waals surface area contributed by atoms with E-state index in [1.807, 2.05) is 13.0 Å². The van der Waals surface area contributed by atoms with E-state index in [0.29, 0.717) is 5.92 Å². The van der Waals surface area contributed by atoms with Crippen LogP contribution in [0, 0.1) is 12.8 Å². The number of rotatable bonds is 5. The van der Waals surface area contributed by atoms with Crippen LogP contribution >= 0.6 is 0 Å². The Morgan fingerprint density at radius 1 is 1.50 bits per heavy atom. The molecule has 2 unspecified atom stereocenters. The Kier molecular flexibility index (Phi) is 4.66. The van der Waals surface area contributed by atoms with Crippen LogP contribution in [0.4, 0.5) is 0 Å². The van der Waals surface area contributed by atoms with E-state index in [0.717, 1.165) is 56.1 Å². The molecule has 0 bridgehead atoms. The normalized spacial score (nSPS) is 21.2. The van der Waals surface area contributed by atoms with Gasteiger partial charge in [0.2, 0.25) is 0 Å². The molecule has 1 aromatic rings. The highest BCUT2D eigenvalue weighted by Gasteiger charge is 2.18. The third-order valence-electron chi connectivity index (χ3n) is 3.44. The fourth-order valence-electron chi connectivity index (χ4n) is 2.31. The van der Waals surface area contributed by atoms with Crippen molar-refractivity contribution in [3.8, 4) is 0 Å². The minimum Gasteiger partial charge on any atom is -0.381 e. The predicted molar refractivity (Wildman–Crippen MR) is 71.4 cm³/mol. The van der Waals surface area contributed by atoms with E-state index in [4.69, 9.17) is 10.5 Å². The van der Waals surface area contributed by atoms with E-state index in [2.05, 4.69) is 16.9 Å². The van der Waals surface area contributed by atoms with Crippen LogP contribution in [0.2, 0.25) is 0 Å². The Balaban J connectivity index is 2.05. The van der Waals surface area contributed by atoms with Crippen molar-refractivity contribution < 1.29 is 4.74 Å². The molecule has 1 aromatic heterocycles. The molecule has 0 aromatic carbocycles. The number of aromatic nitrogens is 2. The van der Waals surface area contributed by atoms with E-state index < -0.39 is 0 Å². The molecule has 0 spiro atoms. The Bertz CT molecular complexity index is 389. The topological polar surface area (TPSA) is 61.0 Å². The molecule has 18 heavy (non-hydrogen) atoms. The van der Waals surface area contributed by atoms with Gasteiger partial charge in [0, 0.05) is 43.5 Å². The average Bonchev–Trinajstić information content (AvgIpc) is 2.80. The number of ether oxygens (including phenoxy) is 1. The second-order valence-electron chi connectivity index (χ2n) is 5.22. The summed E-state index contributed by atoms with van der Waals surface area (Å²) in [5.41, 5.74) is 8.10. The van der Waals surface area contributed by atoms with Gasteiger partial charge in [-0.1, -0.05) is 6.92 Å². The summed E-state index contributed by atoms with van der Waals surface area (Å²) in [5.74, 6) is 1.53. The van der Waals surface area contributed by atoms with Crippen molar-refractivity contribution in [1.29, 1.82) is 0 Å². The molecule has 4 heteroatoms. The zero-order valence-electron chi connectivity index (χ0n) is 11.4. The molecule has 1 fully saturated rings. The van der Waals surface area contributed by atoms with Crippen molar-refractivity contribution in [3.05, 3.63) is 23.3 Å². The lowest BCUT2D eigenvalue weighted by Gasteiger charge is -2.11. The maximum atomic E-state index is 5.99. The smallest absolute Gasteiger partial charge is 0.129 e. The van der Waals surface area contributed by atoms with Gasteiger partial charge in [-0.15, -0.1) is 0 Å². The number of hydrogen-bond donors (Lipinski definition) is 1. The standard InChI is InChI=1S/C14H23N3O/c1-3-12(15)8-13-6-10(2)16-14(17-13)7-11-4-5-18-9-11/h6,11-12H,3-5,7-9,15H2,1-2H3. The summed E-state index contributed by atoms with van der Waals surface area (Å²) >= 11 is 0. The minimum atomic E-state index is 0.196. The quantitative estimate of drug-likeness (QED) is 0.862. The number of aryl methyl sites for hydroxylation is 1. The van der Waals surface area contributed by atoms with Crippen LogP contribution in [0.5, 0.6) is 0 Å². The Labute approximate surface area is 109 Å². The summed E-state index contributed by atoms with van der Waals surface area (Å²) in [4.78, 5) is 9.16. The third-order valence-corrected chi connectivity index (χ3v) is 3.44. The van der Waals surface area contributed by atoms with Gasteiger partial charge in [-0.25, -0.2) is 9.97 Å². The monoisotopic (exact) mass is 249 g/mol. The summed E-state index contributed by atoms with van der Waals surface area (Å²) in [6.45, 7) is 5.86. The third kappa shape index (κ3) is 3.75. The molecule has 2 rings (SSSR count). The molecule has 1 aliphatic rings. The van der Waals surface area contributed by atoms with Crippen molar-refractivity contribution in [2.24, 2.45) is 11.7 Å². The van der Waals surface area contributed by atoms with Gasteiger partial charge >= 0.3 is 0 Å². The van der Waals surface area contributed by atoms with Crippen molar-refractivity contribution in [1.82, 2.24) is 9.97 Å². The highest BCUT2D eigenvalue weighted by molar-refractivity contribution is 5.11. The second-order valence-corrected chi connectivity index (χ2v) is 5.22. The minimum absolute atomic E-state index is 0.196. The highest BCUT2D eigenvalue weighted by atomic mass is 16.5. The van der Waals surface area contributed by atoms with Crippen LogP contribution in [-0.2, 0) is 17.6 Å². The number of nitrogens with zero attached hydrogens (tertiary/aromatic N) is 2. The largest absolute Gasteiger partial charge is 0.381 e. The molecular formula is C14H23N3O. The second kappa shape index (κ2) is 6.25. The fraction of sp³-hybridized carbons (Fsp3) is 0.714. The van der Waals surface area contributed by atoms with Crippen LogP contribution in [0.1, 0.15) is 37.0 Å². The summed E-state index contributed by atoms with van der Waals surface area (Å²) in [7, 11) is 0. The van der Waals surface area contributed by atoms with Crippen LogP contribution in [-0.4, -0.2) is 29.2 Å². The van der Waals surface area contributed by atoms with Gasteiger partial charge in [-0.2, -0.15) is 0 Å². The van der Waals surface area contributed by atoms with Gasteiger partial charge in [0.1, 0.15) is 5.82 Å². The maximum Gasteiger partial charge on any atom is 0.129 e. The van der Waals surface area contributed by atoms with Crippen molar-refractivity contribution in [2.45, 2.75) is 45.6 Å². The highest BCUT2D eigenvalue weighted by Crippen LogP contribution is 2.17. The first kappa shape index (κ1) is 13.4. The summed E-state index contributed by atoms with van der Waals surface area (Å²) in [5, 5.41) is 0. The van der Waals surface area contributed by atoms with Crippen LogP contribution in [0.3, 0.4) is 0 Å². The van der Waals surface area contributed by atoms with Crippen molar-refractivity contribution in [2.75, 3.05) is 13.2 Å². The first-order valence-electron chi connectivity index (χ1n) is 6.84. The van der Waals surface area contributed by atoms with Gasteiger partial charge in [-0.05, 0) is 31.7 Å². The van der Waals surface area contributed by atoms with Gasteiger partial charge in [-0.3, -0.25) is 0 Å². The van der Waals surface area contributed by atoms with Gasteiger partial charge in [0.15, 0.2) is 0 Å². The maximum absolute atomic E-state index is 5.99. The molecule has 0 aliphatic carbocycles. The summed E-state index contributed by atoms with van der Waals surface area (Å²) in [6.07, 6.45) is 3.88. The molecule has 2 heterocycles. The molecule has 2 N–H and O–H groups in total. The van der Waals surface area contributed by atoms with Crippen LogP contribution in [0.25, 0.3) is 0 Å². The molecule has 4 nitrogen and oxygen atoms in total. The molecule has 1 aliphatic heterocycles. The lowest BCUT2D eigenvalue weighted by atomic mass is 10.0. The van der Waals surface area contributed by atoms with E-state index in [9.17, 15) is 0 Å². The van der Waals surface area contributed by atoms with E-state index >= 15 is 0 Å². The van der Waals surface area contributed by atoms with E-state index in [1.54, 1.807) is 0 Å². The zero-order valence-corrected chi connectivity index (χ0v) is 11.4. The van der Waals surface area contributed by atoms with Gasteiger partial charge < -0.3 is 10.5 Å². The van der Waals surface area contributed by atoms with Gasteiger partial charge in [0.05, 0.1) is 0 Å². The SMILES string of the molecule is CCC(N)Cc1cc(C)nc(CC2CCOC2)n1. The Hall–Kier alpha value is -1.00. The lowest BCUT2D eigenvalue weighted by Crippen LogP contribution is -2.22. The first-order valence-corrected chi connectivity index (χ1v) is 6.84. The molecule has 0 amide bonds. The first-order chi connectivity index (χ1) is 8.67. The molecule has 0 saturated carbocycles. The molecule has 100 valence electrons. The zero-order chi connectivity index (χ0) is 13.0. The Morgan fingerprint density at radius 2 is 2.33 bits per heavy atom. The van der Waals surface area contributed by atoms with Crippen molar-refractivity contribution >= 4 is 0 Å². The average molecular weight is 249 g/mol. The number of hydrogen-bond acceptors (Lipinski definition) is 4. The molecule has 2 atom stereocenters. The Morgan fingerprint density at radius 3 is 3.00 bits per heavy atom. The molecular weight excluding hydrogens is 226 g/mol. The summed E-state index contributed by atoms with van der Waals surface area (Å²) in [6, 6.07) is 2.24. The number of nitrogens with two attached hydrogens (primary N) is 1. The van der Waals surface area contributed by atoms with Crippen LogP contribution < -0.4 is 5.73 Å².